The van der Waals surface area contributed by atoms with Gasteiger partial charge in [0, 0.05) is 0 Å². The summed E-state index contributed by atoms with van der Waals surface area (Å²) in [5.74, 6) is 0. The zero-order valence-corrected chi connectivity index (χ0v) is 6.30. The second kappa shape index (κ2) is 19.4. The van der Waals surface area contributed by atoms with Crippen LogP contribution in [0.3, 0.4) is 0 Å². The number of rotatable bonds is 2. The summed E-state index contributed by atoms with van der Waals surface area (Å²) in [7, 11) is 0. The number of hydrogen-bond donors (Lipinski definition) is 2. The molecule has 0 bridgehead atoms. The van der Waals surface area contributed by atoms with Crippen molar-refractivity contribution in [2.45, 2.75) is 0 Å². The molecule has 0 spiro atoms. The molecule has 0 atom stereocenters. The van der Waals surface area contributed by atoms with E-state index in [4.69, 9.17) is 8.32 Å². The molecule has 0 amide bonds. The topological polar surface area (TPSA) is 118 Å². The second-order valence-electron chi connectivity index (χ2n) is 0.924. The third-order valence-electron chi connectivity index (χ3n) is 0.172. The predicted octanol–water partition coefficient (Wildman–Crippen LogP) is -4.91. The SMILES string of the molecule is [KH].[KH].[KH].[KH].[KH].[O]=[Cr](=[O])([OH])[O][Cr](=[O])(=[O])[OH]. The molecule has 0 fully saturated rings. The molecule has 0 aromatic carbocycles. The molecule has 0 aliphatic heterocycles. The van der Waals surface area contributed by atoms with Gasteiger partial charge in [-0.1, -0.05) is 0 Å². The monoisotopic (exact) mass is 418 g/mol. The van der Waals surface area contributed by atoms with Gasteiger partial charge < -0.3 is 0 Å². The van der Waals surface area contributed by atoms with Crippen molar-refractivity contribution in [3.8, 4) is 0 Å². The summed E-state index contributed by atoms with van der Waals surface area (Å²) in [4.78, 5) is 0. The minimum atomic E-state index is -5.76. The minimum absolute atomic E-state index is 0. The standard InChI is InChI=1S/2Cr.5K.2H2O.5O.5H/h;;;;;;;2*1H2;;;;;;;;;;/q2*+1;;;;;;;;;;;;;;;;;/p-2. The zero-order valence-electron chi connectivity index (χ0n) is 3.75. The number of hydrogen-bond acceptors (Lipinski definition) is 5. The van der Waals surface area contributed by atoms with Crippen molar-refractivity contribution in [3.05, 3.63) is 0 Å². The molecule has 14 heavy (non-hydrogen) atoms. The van der Waals surface area contributed by atoms with Crippen LogP contribution in [-0.4, -0.2) is 265 Å². The first-order chi connectivity index (χ1) is 3.71. The van der Waals surface area contributed by atoms with Crippen molar-refractivity contribution in [1.29, 1.82) is 0 Å². The van der Waals surface area contributed by atoms with Gasteiger partial charge in [0.2, 0.25) is 0 Å². The van der Waals surface area contributed by atoms with Crippen molar-refractivity contribution in [2.75, 3.05) is 0 Å². The molecule has 0 unspecified atom stereocenters. The first-order valence-electron chi connectivity index (χ1n) is 1.37. The Morgan fingerprint density at radius 3 is 0.786 bits per heavy atom. The van der Waals surface area contributed by atoms with Crippen LogP contribution in [0.4, 0.5) is 0 Å². The van der Waals surface area contributed by atoms with Crippen LogP contribution >= 0.6 is 0 Å². The maximum absolute atomic E-state index is 9.53. The molecule has 0 heterocycles. The normalized spacial score (nSPS) is 8.71. The van der Waals surface area contributed by atoms with Crippen LogP contribution in [0, 0.1) is 0 Å². The fourth-order valence-electron chi connectivity index (χ4n) is 0.109. The molecule has 0 aromatic rings. The average molecular weight is 419 g/mol. The van der Waals surface area contributed by atoms with Crippen molar-refractivity contribution in [3.63, 3.8) is 0 Å². The van der Waals surface area contributed by atoms with Gasteiger partial charge >= 0.3 is 311 Å². The molecule has 0 saturated heterocycles. The molecule has 0 aromatic heterocycles. The van der Waals surface area contributed by atoms with Gasteiger partial charge in [-0.3, -0.25) is 0 Å². The predicted molar refractivity (Wildman–Crippen MR) is 44.0 cm³/mol. The van der Waals surface area contributed by atoms with Gasteiger partial charge in [0.1, 0.15) is 0 Å². The van der Waals surface area contributed by atoms with E-state index in [2.05, 4.69) is 2.84 Å². The van der Waals surface area contributed by atoms with E-state index >= 15 is 0 Å². The Hall–Kier alpha value is 8.33. The molecule has 14 heteroatoms. The average Bonchev–Trinajstić information content (AvgIpc) is 1.14. The fraction of sp³-hybridized carbons (Fsp3) is 0. The Balaban J connectivity index is -0.0000000320. The van der Waals surface area contributed by atoms with Crippen LogP contribution < -0.4 is 0 Å². The van der Waals surface area contributed by atoms with E-state index < -0.39 is 27.2 Å². The second-order valence-corrected chi connectivity index (χ2v) is 4.68. The summed E-state index contributed by atoms with van der Waals surface area (Å²) >= 11 is -11.5. The zero-order chi connectivity index (χ0) is 7.71. The molecule has 0 rings (SSSR count). The van der Waals surface area contributed by atoms with Gasteiger partial charge in [-0.25, -0.2) is 0 Å². The Morgan fingerprint density at radius 2 is 0.786 bits per heavy atom. The third-order valence-corrected chi connectivity index (χ3v) is 2.92. The summed E-state index contributed by atoms with van der Waals surface area (Å²) < 4.78 is 56.3. The van der Waals surface area contributed by atoms with Gasteiger partial charge in [0.05, 0.1) is 0 Å². The van der Waals surface area contributed by atoms with E-state index in [1.165, 1.54) is 0 Å². The van der Waals surface area contributed by atoms with E-state index in [1.54, 1.807) is 0 Å². The molecular formula is H7Cr2K5O7. The van der Waals surface area contributed by atoms with Crippen molar-refractivity contribution in [2.24, 2.45) is 0 Å². The Morgan fingerprint density at radius 1 is 0.643 bits per heavy atom. The van der Waals surface area contributed by atoms with Gasteiger partial charge in [-0.05, 0) is 0 Å². The molecule has 7 nitrogen and oxygen atoms in total. The summed E-state index contributed by atoms with van der Waals surface area (Å²) in [5, 5.41) is 0. The van der Waals surface area contributed by atoms with Crippen molar-refractivity contribution >= 4 is 257 Å². The van der Waals surface area contributed by atoms with Crippen LogP contribution in [0.2, 0.25) is 0 Å². The van der Waals surface area contributed by atoms with Gasteiger partial charge in [-0.15, -0.1) is 0 Å². The Labute approximate surface area is 299 Å². The van der Waals surface area contributed by atoms with Crippen LogP contribution in [0.15, 0.2) is 0 Å². The van der Waals surface area contributed by atoms with Gasteiger partial charge in [-0.2, -0.15) is 0 Å². The van der Waals surface area contributed by atoms with Crippen molar-refractivity contribution < 1.29 is 53.6 Å². The molecule has 0 aliphatic rings. The summed E-state index contributed by atoms with van der Waals surface area (Å²) in [6.07, 6.45) is 0. The van der Waals surface area contributed by atoms with E-state index in [9.17, 15) is 15.2 Å². The molecular weight excluding hydrogens is 411 g/mol. The van der Waals surface area contributed by atoms with Crippen LogP contribution in [0.25, 0.3) is 0 Å². The van der Waals surface area contributed by atoms with E-state index in [0.29, 0.717) is 0 Å². The van der Waals surface area contributed by atoms with E-state index in [-0.39, 0.29) is 257 Å². The molecule has 2 N–H and O–H groups in total. The summed E-state index contributed by atoms with van der Waals surface area (Å²) in [6.45, 7) is 0. The van der Waals surface area contributed by atoms with Gasteiger partial charge in [0.25, 0.3) is 0 Å². The fourth-order valence-corrected chi connectivity index (χ4v) is 1.85. The molecule has 0 aliphatic carbocycles. The summed E-state index contributed by atoms with van der Waals surface area (Å²) in [6, 6.07) is 0. The third kappa shape index (κ3) is 37.0. The van der Waals surface area contributed by atoms with Crippen LogP contribution in [-0.2, 0) is 45.3 Å². The first-order valence-corrected chi connectivity index (χ1v) is 5.63. The quantitative estimate of drug-likeness (QED) is 0.432. The molecule has 0 saturated carbocycles. The molecule has 0 radical (unpaired) electrons. The molecule has 66 valence electrons. The van der Waals surface area contributed by atoms with Crippen molar-refractivity contribution in [1.82, 2.24) is 0 Å². The maximum atomic E-state index is 9.53. The van der Waals surface area contributed by atoms with Crippen LogP contribution in [0.1, 0.15) is 0 Å². The first kappa shape index (κ1) is 38.1. The Bertz CT molecular complexity index is 245. The van der Waals surface area contributed by atoms with Crippen LogP contribution in [0.5, 0.6) is 0 Å². The van der Waals surface area contributed by atoms with E-state index in [0.717, 1.165) is 0 Å². The van der Waals surface area contributed by atoms with Gasteiger partial charge in [0.15, 0.2) is 0 Å². The summed E-state index contributed by atoms with van der Waals surface area (Å²) in [5.41, 5.74) is 0. The Kier molecular flexibility index (Phi) is 52.7. The van der Waals surface area contributed by atoms with E-state index in [1.807, 2.05) is 0 Å².